The molecular weight excluding hydrogens is 516 g/mol. The number of amides is 4. The number of carbonyl (C=O) groups is 4. The Bertz CT molecular complexity index is 1450. The number of hydrogen-bond acceptors (Lipinski definition) is 5. The van der Waals surface area contributed by atoms with Crippen molar-refractivity contribution in [1.29, 1.82) is 0 Å². The highest BCUT2D eigenvalue weighted by Crippen LogP contribution is 2.26. The van der Waals surface area contributed by atoms with Crippen molar-refractivity contribution in [2.75, 3.05) is 13.1 Å². The van der Waals surface area contributed by atoms with Gasteiger partial charge in [-0.1, -0.05) is 48.5 Å². The van der Waals surface area contributed by atoms with Crippen LogP contribution in [-0.2, 0) is 12.8 Å². The number of ether oxygens (including phenoxy) is 1. The van der Waals surface area contributed by atoms with Gasteiger partial charge < -0.3 is 4.74 Å². The zero-order valence-corrected chi connectivity index (χ0v) is 22.4. The predicted octanol–water partition coefficient (Wildman–Crippen LogP) is 5.94. The molecule has 4 amide bonds. The molecule has 0 saturated heterocycles. The summed E-state index contributed by atoms with van der Waals surface area (Å²) in [5.74, 6) is 0.553. The van der Waals surface area contributed by atoms with Crippen LogP contribution < -0.4 is 4.74 Å². The molecule has 2 heterocycles. The summed E-state index contributed by atoms with van der Waals surface area (Å²) in [5.41, 5.74) is 4.12. The quantitative estimate of drug-likeness (QED) is 0.231. The van der Waals surface area contributed by atoms with Gasteiger partial charge in [-0.25, -0.2) is 0 Å². The van der Waals surface area contributed by atoms with E-state index in [2.05, 4.69) is 0 Å². The van der Waals surface area contributed by atoms with Crippen molar-refractivity contribution >= 4 is 23.6 Å². The molecule has 2 aliphatic rings. The summed E-state index contributed by atoms with van der Waals surface area (Å²) in [5, 5.41) is 0. The summed E-state index contributed by atoms with van der Waals surface area (Å²) in [6, 6.07) is 29.5. The van der Waals surface area contributed by atoms with Gasteiger partial charge in [-0.2, -0.15) is 0 Å². The topological polar surface area (TPSA) is 84.0 Å². The van der Waals surface area contributed by atoms with Gasteiger partial charge in [-0.05, 0) is 85.3 Å². The van der Waals surface area contributed by atoms with Crippen LogP contribution in [0, 0.1) is 0 Å². The summed E-state index contributed by atoms with van der Waals surface area (Å²) in [4.78, 5) is 52.7. The van der Waals surface area contributed by atoms with Crippen LogP contribution in [0.25, 0.3) is 0 Å². The van der Waals surface area contributed by atoms with Crippen LogP contribution in [-0.4, -0.2) is 46.5 Å². The fraction of sp³-hybridized carbons (Fsp3) is 0.176. The molecule has 0 unspecified atom stereocenters. The molecule has 0 N–H and O–H groups in total. The van der Waals surface area contributed by atoms with Crippen molar-refractivity contribution in [3.63, 3.8) is 0 Å². The molecule has 0 aliphatic carbocycles. The normalized spacial score (nSPS) is 14.0. The lowest BCUT2D eigenvalue weighted by Gasteiger charge is -2.14. The van der Waals surface area contributed by atoms with Crippen molar-refractivity contribution in [2.24, 2.45) is 0 Å². The van der Waals surface area contributed by atoms with Gasteiger partial charge in [0.1, 0.15) is 11.5 Å². The SMILES string of the molecule is O=C1c2ccccc2C(=O)N1CCCc1ccc(Oc2ccc(CCCN3C(=O)c4ccccc4C3=O)cc2)cc1. The maximum Gasteiger partial charge on any atom is 0.261 e. The van der Waals surface area contributed by atoms with Crippen LogP contribution >= 0.6 is 0 Å². The van der Waals surface area contributed by atoms with Crippen molar-refractivity contribution in [2.45, 2.75) is 25.7 Å². The molecule has 7 heteroatoms. The average molecular weight is 545 g/mol. The third-order valence-electron chi connectivity index (χ3n) is 7.53. The number of benzene rings is 4. The van der Waals surface area contributed by atoms with E-state index in [1.54, 1.807) is 48.5 Å². The second kappa shape index (κ2) is 11.2. The van der Waals surface area contributed by atoms with Gasteiger partial charge in [0.15, 0.2) is 0 Å². The molecule has 0 bridgehead atoms. The summed E-state index contributed by atoms with van der Waals surface area (Å²) in [7, 11) is 0. The molecular formula is C34H28N2O5. The first-order valence-corrected chi connectivity index (χ1v) is 13.8. The van der Waals surface area contributed by atoms with Crippen LogP contribution in [0.2, 0.25) is 0 Å². The highest BCUT2D eigenvalue weighted by Gasteiger charge is 2.35. The van der Waals surface area contributed by atoms with Gasteiger partial charge in [0.2, 0.25) is 0 Å². The minimum absolute atomic E-state index is 0.219. The van der Waals surface area contributed by atoms with E-state index in [1.807, 2.05) is 48.5 Å². The molecule has 4 aromatic rings. The lowest BCUT2D eigenvalue weighted by atomic mass is 10.1. The van der Waals surface area contributed by atoms with E-state index in [-0.39, 0.29) is 23.6 Å². The Balaban J connectivity index is 0.952. The van der Waals surface area contributed by atoms with Crippen LogP contribution in [0.4, 0.5) is 0 Å². The summed E-state index contributed by atoms with van der Waals surface area (Å²) in [6.45, 7) is 0.768. The Hall–Kier alpha value is -5.04. The number of hydrogen-bond donors (Lipinski definition) is 0. The van der Waals surface area contributed by atoms with E-state index >= 15 is 0 Å². The molecule has 41 heavy (non-hydrogen) atoms. The molecule has 0 fully saturated rings. The molecule has 6 rings (SSSR count). The van der Waals surface area contributed by atoms with Gasteiger partial charge in [-0.15, -0.1) is 0 Å². The van der Waals surface area contributed by atoms with Crippen LogP contribution in [0.15, 0.2) is 97.1 Å². The van der Waals surface area contributed by atoms with Crippen molar-refractivity contribution in [3.8, 4) is 11.5 Å². The first-order valence-electron chi connectivity index (χ1n) is 13.8. The molecule has 7 nitrogen and oxygen atoms in total. The van der Waals surface area contributed by atoms with Crippen LogP contribution in [0.3, 0.4) is 0 Å². The van der Waals surface area contributed by atoms with Crippen molar-refractivity contribution in [1.82, 2.24) is 9.80 Å². The predicted molar refractivity (Wildman–Crippen MR) is 153 cm³/mol. The molecule has 0 aromatic heterocycles. The number of imide groups is 2. The van der Waals surface area contributed by atoms with Gasteiger partial charge in [0.25, 0.3) is 23.6 Å². The minimum atomic E-state index is -0.219. The maximum atomic E-state index is 12.5. The Morgan fingerprint density at radius 1 is 0.439 bits per heavy atom. The van der Waals surface area contributed by atoms with Gasteiger partial charge in [0, 0.05) is 13.1 Å². The highest BCUT2D eigenvalue weighted by atomic mass is 16.5. The first-order chi connectivity index (χ1) is 20.0. The molecule has 4 aromatic carbocycles. The number of aryl methyl sites for hydroxylation is 2. The molecule has 204 valence electrons. The lowest BCUT2D eigenvalue weighted by molar-refractivity contribution is 0.0637. The largest absolute Gasteiger partial charge is 0.457 e. The molecule has 0 spiro atoms. The average Bonchev–Trinajstić information content (AvgIpc) is 3.39. The number of fused-ring (bicyclic) bond motifs is 2. The Labute approximate surface area is 238 Å². The molecule has 0 saturated carbocycles. The zero-order valence-electron chi connectivity index (χ0n) is 22.4. The van der Waals surface area contributed by atoms with Crippen LogP contribution in [0.5, 0.6) is 11.5 Å². The zero-order chi connectivity index (χ0) is 28.3. The monoisotopic (exact) mass is 544 g/mol. The van der Waals surface area contributed by atoms with E-state index in [9.17, 15) is 19.2 Å². The number of nitrogens with zero attached hydrogens (tertiary/aromatic N) is 2. The highest BCUT2D eigenvalue weighted by molar-refractivity contribution is 6.22. The van der Waals surface area contributed by atoms with Crippen molar-refractivity contribution < 1.29 is 23.9 Å². The smallest absolute Gasteiger partial charge is 0.261 e. The summed E-state index contributed by atoms with van der Waals surface area (Å²) >= 11 is 0. The fourth-order valence-corrected chi connectivity index (χ4v) is 5.35. The van der Waals surface area contributed by atoms with Crippen LogP contribution in [0.1, 0.15) is 65.4 Å². The van der Waals surface area contributed by atoms with Gasteiger partial charge in [0.05, 0.1) is 22.3 Å². The van der Waals surface area contributed by atoms with Crippen molar-refractivity contribution in [3.05, 3.63) is 130 Å². The van der Waals surface area contributed by atoms with E-state index < -0.39 is 0 Å². The van der Waals surface area contributed by atoms with Gasteiger partial charge in [-0.3, -0.25) is 29.0 Å². The standard InChI is InChI=1S/C34H28N2O5/c37-31-27-9-1-2-10-28(27)32(38)35(31)21-5-7-23-13-17-25(18-14-23)41-26-19-15-24(16-20-26)8-6-22-36-33(39)29-11-3-4-12-30(29)34(36)40/h1-4,9-20H,5-8,21-22H2. The number of rotatable bonds is 10. The molecule has 2 aliphatic heterocycles. The van der Waals surface area contributed by atoms with E-state index in [4.69, 9.17) is 4.74 Å². The first kappa shape index (κ1) is 26.2. The second-order valence-electron chi connectivity index (χ2n) is 10.2. The third kappa shape index (κ3) is 5.26. The molecule has 0 radical (unpaired) electrons. The summed E-state index contributed by atoms with van der Waals surface area (Å²) in [6.07, 6.45) is 2.84. The second-order valence-corrected chi connectivity index (χ2v) is 10.2. The maximum absolute atomic E-state index is 12.5. The molecule has 0 atom stereocenters. The van der Waals surface area contributed by atoms with E-state index in [0.717, 1.165) is 24.0 Å². The third-order valence-corrected chi connectivity index (χ3v) is 7.53. The Morgan fingerprint density at radius 2 is 0.756 bits per heavy atom. The van der Waals surface area contributed by atoms with E-state index in [1.165, 1.54) is 9.80 Å². The van der Waals surface area contributed by atoms with E-state index in [0.29, 0.717) is 59.7 Å². The lowest BCUT2D eigenvalue weighted by Crippen LogP contribution is -2.30. The Morgan fingerprint density at radius 3 is 1.07 bits per heavy atom. The number of carbonyl (C=O) groups excluding carboxylic acids is 4. The van der Waals surface area contributed by atoms with Gasteiger partial charge >= 0.3 is 0 Å². The minimum Gasteiger partial charge on any atom is -0.457 e. The Kier molecular flexibility index (Phi) is 7.17. The summed E-state index contributed by atoms with van der Waals surface area (Å²) < 4.78 is 5.99. The fourth-order valence-electron chi connectivity index (χ4n) is 5.35.